The van der Waals surface area contributed by atoms with Gasteiger partial charge < -0.3 is 15.8 Å². The Bertz CT molecular complexity index is 593. The minimum absolute atomic E-state index is 0.0473. The molecule has 1 aromatic carbocycles. The summed E-state index contributed by atoms with van der Waals surface area (Å²) in [7, 11) is 0. The molecule has 21 heavy (non-hydrogen) atoms. The number of nitrogens with one attached hydrogen (secondary N) is 1. The SMILES string of the molecule is CCOC(=O)C(N)C(=O)Nc1c([N+](=O)[O-])ccc(F)c1F. The molecule has 0 spiro atoms. The zero-order chi connectivity index (χ0) is 16.2. The molecule has 0 heterocycles. The molecule has 0 aliphatic rings. The fourth-order valence-electron chi connectivity index (χ4n) is 1.35. The lowest BCUT2D eigenvalue weighted by Crippen LogP contribution is -2.43. The lowest BCUT2D eigenvalue weighted by atomic mass is 10.2. The lowest BCUT2D eigenvalue weighted by Gasteiger charge is -2.12. The van der Waals surface area contributed by atoms with Crippen molar-refractivity contribution in [1.82, 2.24) is 0 Å². The highest BCUT2D eigenvalue weighted by Crippen LogP contribution is 2.29. The molecule has 1 unspecified atom stereocenters. The number of nitrogens with two attached hydrogens (primary N) is 1. The Labute approximate surface area is 117 Å². The highest BCUT2D eigenvalue weighted by molar-refractivity contribution is 6.08. The largest absolute Gasteiger partial charge is 0.464 e. The number of nitro groups is 1. The van der Waals surface area contributed by atoms with Crippen molar-refractivity contribution < 1.29 is 28.0 Å². The van der Waals surface area contributed by atoms with Gasteiger partial charge in [0, 0.05) is 6.07 Å². The molecule has 8 nitrogen and oxygen atoms in total. The van der Waals surface area contributed by atoms with Crippen molar-refractivity contribution in [2.45, 2.75) is 13.0 Å². The minimum atomic E-state index is -1.83. The van der Waals surface area contributed by atoms with Gasteiger partial charge in [0.2, 0.25) is 0 Å². The van der Waals surface area contributed by atoms with E-state index in [1.807, 2.05) is 0 Å². The van der Waals surface area contributed by atoms with Crippen LogP contribution in [0.5, 0.6) is 0 Å². The summed E-state index contributed by atoms with van der Waals surface area (Å²) in [4.78, 5) is 32.5. The smallest absolute Gasteiger partial charge is 0.332 e. The second-order valence-electron chi connectivity index (χ2n) is 3.73. The van der Waals surface area contributed by atoms with Gasteiger partial charge in [0.25, 0.3) is 11.6 Å². The maximum Gasteiger partial charge on any atom is 0.332 e. The molecule has 0 saturated heterocycles. The van der Waals surface area contributed by atoms with E-state index in [0.29, 0.717) is 12.1 Å². The summed E-state index contributed by atoms with van der Waals surface area (Å²) >= 11 is 0. The molecule has 0 bridgehead atoms. The Morgan fingerprint density at radius 1 is 1.48 bits per heavy atom. The first-order chi connectivity index (χ1) is 9.79. The summed E-state index contributed by atoms with van der Waals surface area (Å²) in [6.45, 7) is 1.42. The average Bonchev–Trinajstić information content (AvgIpc) is 2.42. The first-order valence-electron chi connectivity index (χ1n) is 5.65. The van der Waals surface area contributed by atoms with E-state index in [2.05, 4.69) is 4.74 Å². The second kappa shape index (κ2) is 6.70. The Morgan fingerprint density at radius 3 is 2.62 bits per heavy atom. The number of amides is 1. The van der Waals surface area contributed by atoms with Crippen molar-refractivity contribution in [2.75, 3.05) is 11.9 Å². The number of hydrogen-bond donors (Lipinski definition) is 2. The van der Waals surface area contributed by atoms with Crippen LogP contribution in [0.1, 0.15) is 6.92 Å². The van der Waals surface area contributed by atoms with Crippen LogP contribution in [0.4, 0.5) is 20.2 Å². The van der Waals surface area contributed by atoms with Gasteiger partial charge in [-0.3, -0.25) is 14.9 Å². The van der Waals surface area contributed by atoms with E-state index in [-0.39, 0.29) is 6.61 Å². The normalized spacial score (nSPS) is 11.6. The predicted molar refractivity (Wildman–Crippen MR) is 66.3 cm³/mol. The first kappa shape index (κ1) is 16.4. The lowest BCUT2D eigenvalue weighted by molar-refractivity contribution is -0.384. The Morgan fingerprint density at radius 2 is 2.10 bits per heavy atom. The van der Waals surface area contributed by atoms with Gasteiger partial charge in [-0.15, -0.1) is 0 Å². The van der Waals surface area contributed by atoms with Crippen LogP contribution in [-0.2, 0) is 14.3 Å². The van der Waals surface area contributed by atoms with Crippen molar-refractivity contribution in [3.8, 4) is 0 Å². The number of rotatable bonds is 5. The predicted octanol–water partition coefficient (Wildman–Crippen LogP) is 0.702. The fraction of sp³-hybridized carbons (Fsp3) is 0.273. The maximum atomic E-state index is 13.5. The second-order valence-corrected chi connectivity index (χ2v) is 3.73. The van der Waals surface area contributed by atoms with E-state index < -0.39 is 45.9 Å². The standard InChI is InChI=1S/C11H11F2N3O5/c1-2-21-11(18)8(14)10(17)15-9-6(16(19)20)4-3-5(12)7(9)13/h3-4,8H,2,14H2,1H3,(H,15,17). The minimum Gasteiger partial charge on any atom is -0.464 e. The molecule has 114 valence electrons. The molecule has 0 aromatic heterocycles. The average molecular weight is 303 g/mol. The molecular weight excluding hydrogens is 292 g/mol. The van der Waals surface area contributed by atoms with Crippen molar-refractivity contribution >= 4 is 23.3 Å². The van der Waals surface area contributed by atoms with E-state index in [1.54, 1.807) is 5.32 Å². The van der Waals surface area contributed by atoms with Gasteiger partial charge >= 0.3 is 5.97 Å². The van der Waals surface area contributed by atoms with Gasteiger partial charge in [-0.2, -0.15) is 0 Å². The van der Waals surface area contributed by atoms with Crippen molar-refractivity contribution in [2.24, 2.45) is 5.73 Å². The van der Waals surface area contributed by atoms with Gasteiger partial charge in [-0.1, -0.05) is 0 Å². The van der Waals surface area contributed by atoms with Crippen LogP contribution in [0.15, 0.2) is 12.1 Å². The Hall–Kier alpha value is -2.62. The van der Waals surface area contributed by atoms with E-state index in [4.69, 9.17) is 5.73 Å². The van der Waals surface area contributed by atoms with Crippen LogP contribution in [0, 0.1) is 21.7 Å². The van der Waals surface area contributed by atoms with Gasteiger partial charge in [0.15, 0.2) is 23.4 Å². The molecule has 1 amide bonds. The third-order valence-corrected chi connectivity index (χ3v) is 2.34. The molecule has 0 radical (unpaired) electrons. The fourth-order valence-corrected chi connectivity index (χ4v) is 1.35. The van der Waals surface area contributed by atoms with E-state index in [9.17, 15) is 28.5 Å². The summed E-state index contributed by atoms with van der Waals surface area (Å²) in [5.74, 6) is -5.40. The number of anilines is 1. The van der Waals surface area contributed by atoms with Gasteiger partial charge in [0.1, 0.15) is 0 Å². The maximum absolute atomic E-state index is 13.5. The van der Waals surface area contributed by atoms with Crippen LogP contribution in [0.25, 0.3) is 0 Å². The number of carbonyl (C=O) groups excluding carboxylic acids is 2. The van der Waals surface area contributed by atoms with Crippen LogP contribution in [0.3, 0.4) is 0 Å². The Kier molecular flexibility index (Phi) is 5.24. The molecule has 0 aliphatic carbocycles. The number of esters is 1. The first-order valence-corrected chi connectivity index (χ1v) is 5.65. The number of halogens is 2. The van der Waals surface area contributed by atoms with Crippen molar-refractivity contribution in [3.63, 3.8) is 0 Å². The number of nitrogens with zero attached hydrogens (tertiary/aromatic N) is 1. The number of benzene rings is 1. The summed E-state index contributed by atoms with van der Waals surface area (Å²) in [5, 5.41) is 12.4. The Balaban J connectivity index is 3.07. The van der Waals surface area contributed by atoms with Gasteiger partial charge in [-0.25, -0.2) is 13.6 Å². The third-order valence-electron chi connectivity index (χ3n) is 2.34. The van der Waals surface area contributed by atoms with E-state index >= 15 is 0 Å². The van der Waals surface area contributed by atoms with Gasteiger partial charge in [-0.05, 0) is 13.0 Å². The highest BCUT2D eigenvalue weighted by Gasteiger charge is 2.28. The quantitative estimate of drug-likeness (QED) is 0.357. The summed E-state index contributed by atoms with van der Waals surface area (Å²) in [6.07, 6.45) is 0. The number of carbonyl (C=O) groups is 2. The van der Waals surface area contributed by atoms with Crippen LogP contribution in [0.2, 0.25) is 0 Å². The summed E-state index contributed by atoms with van der Waals surface area (Å²) in [5.41, 5.74) is 3.35. The molecular formula is C11H11F2N3O5. The number of nitro benzene ring substituents is 1. The van der Waals surface area contributed by atoms with Gasteiger partial charge in [0.05, 0.1) is 11.5 Å². The molecule has 3 N–H and O–H groups in total. The van der Waals surface area contributed by atoms with E-state index in [1.165, 1.54) is 6.92 Å². The molecule has 1 atom stereocenters. The molecule has 0 fully saturated rings. The van der Waals surface area contributed by atoms with Crippen molar-refractivity contribution in [1.29, 1.82) is 0 Å². The molecule has 10 heteroatoms. The zero-order valence-corrected chi connectivity index (χ0v) is 10.8. The summed E-state index contributed by atoms with van der Waals surface area (Å²) in [6, 6.07) is -0.620. The zero-order valence-electron chi connectivity index (χ0n) is 10.8. The van der Waals surface area contributed by atoms with E-state index in [0.717, 1.165) is 0 Å². The number of ether oxygens (including phenoxy) is 1. The molecule has 1 rings (SSSR count). The van der Waals surface area contributed by atoms with Crippen LogP contribution < -0.4 is 11.1 Å². The third kappa shape index (κ3) is 3.69. The highest BCUT2D eigenvalue weighted by atomic mass is 19.2. The monoisotopic (exact) mass is 303 g/mol. The summed E-state index contributed by atoms with van der Waals surface area (Å²) < 4.78 is 31.1. The van der Waals surface area contributed by atoms with Crippen LogP contribution >= 0.6 is 0 Å². The van der Waals surface area contributed by atoms with Crippen molar-refractivity contribution in [3.05, 3.63) is 33.9 Å². The number of hydrogen-bond acceptors (Lipinski definition) is 6. The molecule has 0 saturated carbocycles. The van der Waals surface area contributed by atoms with Crippen LogP contribution in [-0.4, -0.2) is 29.4 Å². The molecule has 1 aromatic rings. The topological polar surface area (TPSA) is 125 Å². The molecule has 0 aliphatic heterocycles.